The van der Waals surface area contributed by atoms with Crippen molar-refractivity contribution >= 4 is 45.1 Å². The predicted octanol–water partition coefficient (Wildman–Crippen LogP) is 6.26. The van der Waals surface area contributed by atoms with Crippen molar-refractivity contribution in [3.8, 4) is 0 Å². The second kappa shape index (κ2) is 9.25. The van der Waals surface area contributed by atoms with Crippen LogP contribution in [0.2, 0.25) is 5.02 Å². The molecule has 29 heavy (non-hydrogen) atoms. The molecule has 0 saturated carbocycles. The highest BCUT2D eigenvalue weighted by Crippen LogP contribution is 2.27. The molecule has 0 bridgehead atoms. The van der Waals surface area contributed by atoms with Crippen molar-refractivity contribution in [2.75, 3.05) is 5.32 Å². The van der Waals surface area contributed by atoms with E-state index >= 15 is 0 Å². The van der Waals surface area contributed by atoms with Gasteiger partial charge in [0.05, 0.1) is 10.6 Å². The van der Waals surface area contributed by atoms with Crippen LogP contribution in [0, 0.1) is 13.8 Å². The first-order valence-electron chi connectivity index (χ1n) is 8.94. The van der Waals surface area contributed by atoms with Gasteiger partial charge >= 0.3 is 5.97 Å². The Morgan fingerprint density at radius 3 is 2.45 bits per heavy atom. The van der Waals surface area contributed by atoms with Crippen molar-refractivity contribution in [2.24, 2.45) is 0 Å². The Balaban J connectivity index is 1.91. The highest BCUT2D eigenvalue weighted by atomic mass is 79.9. The van der Waals surface area contributed by atoms with Crippen molar-refractivity contribution in [1.82, 2.24) is 0 Å². The number of aryl methyl sites for hydroxylation is 2. The Hall–Kier alpha value is -2.63. The number of ether oxygens (including phenoxy) is 1. The molecule has 3 aromatic rings. The van der Waals surface area contributed by atoms with E-state index in [1.165, 1.54) is 0 Å². The number of carbonyl (C=O) groups excluding carboxylic acids is 2. The first-order valence-corrected chi connectivity index (χ1v) is 10.1. The van der Waals surface area contributed by atoms with Gasteiger partial charge in [0.2, 0.25) is 6.10 Å². The third-order valence-electron chi connectivity index (χ3n) is 4.36. The number of carbonyl (C=O) groups is 2. The lowest BCUT2D eigenvalue weighted by Crippen LogP contribution is -2.26. The fourth-order valence-corrected chi connectivity index (χ4v) is 3.35. The van der Waals surface area contributed by atoms with Crippen LogP contribution in [0.4, 0.5) is 5.69 Å². The Bertz CT molecular complexity index is 1050. The van der Waals surface area contributed by atoms with Gasteiger partial charge in [-0.3, -0.25) is 4.79 Å². The zero-order valence-electron chi connectivity index (χ0n) is 15.9. The number of hydrogen-bond donors (Lipinski definition) is 1. The minimum atomic E-state index is -1.13. The van der Waals surface area contributed by atoms with Gasteiger partial charge in [0.15, 0.2) is 0 Å². The largest absolute Gasteiger partial charge is 0.444 e. The van der Waals surface area contributed by atoms with Gasteiger partial charge in [0.25, 0.3) is 5.91 Å². The lowest BCUT2D eigenvalue weighted by atomic mass is 10.1. The Kier molecular flexibility index (Phi) is 6.72. The number of amides is 1. The van der Waals surface area contributed by atoms with Crippen LogP contribution in [0.15, 0.2) is 71.2 Å². The molecule has 0 aliphatic rings. The van der Waals surface area contributed by atoms with Crippen LogP contribution in [0.5, 0.6) is 0 Å². The van der Waals surface area contributed by atoms with E-state index in [-0.39, 0.29) is 10.6 Å². The highest BCUT2D eigenvalue weighted by Gasteiger charge is 2.27. The summed E-state index contributed by atoms with van der Waals surface area (Å²) >= 11 is 9.46. The van der Waals surface area contributed by atoms with Gasteiger partial charge in [-0.05, 0) is 49.2 Å². The standard InChI is InChI=1S/C23H19BrClNO3/c1-14-8-9-15(2)20(12-14)26-22(27)21(16-6-4-3-5-7-16)29-23(28)18-13-17(24)10-11-19(18)25/h3-13,21H,1-2H3,(H,26,27). The number of halogens is 2. The Morgan fingerprint density at radius 2 is 1.72 bits per heavy atom. The maximum absolute atomic E-state index is 13.1. The van der Waals surface area contributed by atoms with Crippen molar-refractivity contribution in [3.05, 3.63) is 98.5 Å². The molecular weight excluding hydrogens is 454 g/mol. The number of nitrogens with one attached hydrogen (secondary N) is 1. The Morgan fingerprint density at radius 1 is 1.00 bits per heavy atom. The number of rotatable bonds is 5. The quantitative estimate of drug-likeness (QED) is 0.446. The summed E-state index contributed by atoms with van der Waals surface area (Å²) in [6.07, 6.45) is -1.13. The molecule has 0 heterocycles. The van der Waals surface area contributed by atoms with Gasteiger partial charge in [0.1, 0.15) is 0 Å². The number of benzene rings is 3. The summed E-state index contributed by atoms with van der Waals surface area (Å²) in [4.78, 5) is 25.8. The van der Waals surface area contributed by atoms with E-state index < -0.39 is 18.0 Å². The molecule has 1 amide bonds. The van der Waals surface area contributed by atoms with Crippen LogP contribution >= 0.6 is 27.5 Å². The molecular formula is C23H19BrClNO3. The first-order chi connectivity index (χ1) is 13.8. The number of esters is 1. The average molecular weight is 473 g/mol. The average Bonchev–Trinajstić information content (AvgIpc) is 2.71. The molecule has 0 spiro atoms. The minimum Gasteiger partial charge on any atom is -0.444 e. The fourth-order valence-electron chi connectivity index (χ4n) is 2.79. The van der Waals surface area contributed by atoms with E-state index in [0.29, 0.717) is 15.7 Å². The molecule has 6 heteroatoms. The van der Waals surface area contributed by atoms with Crippen LogP contribution in [0.3, 0.4) is 0 Å². The van der Waals surface area contributed by atoms with Gasteiger partial charge in [-0.1, -0.05) is 70.0 Å². The predicted molar refractivity (Wildman–Crippen MR) is 118 cm³/mol. The molecule has 0 fully saturated rings. The molecule has 1 N–H and O–H groups in total. The highest BCUT2D eigenvalue weighted by molar-refractivity contribution is 9.10. The monoisotopic (exact) mass is 471 g/mol. The van der Waals surface area contributed by atoms with E-state index in [9.17, 15) is 9.59 Å². The zero-order valence-corrected chi connectivity index (χ0v) is 18.3. The maximum atomic E-state index is 13.1. The van der Waals surface area contributed by atoms with Crippen molar-refractivity contribution < 1.29 is 14.3 Å². The summed E-state index contributed by atoms with van der Waals surface area (Å²) in [6, 6.07) is 19.5. The summed E-state index contributed by atoms with van der Waals surface area (Å²) in [5.74, 6) is -1.12. The Labute approximate surface area is 183 Å². The SMILES string of the molecule is Cc1ccc(C)c(NC(=O)C(OC(=O)c2cc(Br)ccc2Cl)c2ccccc2)c1. The zero-order chi connectivity index (χ0) is 21.0. The van der Waals surface area contributed by atoms with Gasteiger partial charge in [-0.25, -0.2) is 4.79 Å². The van der Waals surface area contributed by atoms with E-state index in [2.05, 4.69) is 21.2 Å². The first kappa shape index (κ1) is 21.1. The molecule has 1 unspecified atom stereocenters. The van der Waals surface area contributed by atoms with E-state index in [1.54, 1.807) is 42.5 Å². The molecule has 0 aliphatic carbocycles. The number of hydrogen-bond acceptors (Lipinski definition) is 3. The lowest BCUT2D eigenvalue weighted by molar-refractivity contribution is -0.125. The summed E-state index contributed by atoms with van der Waals surface area (Å²) in [7, 11) is 0. The molecule has 0 radical (unpaired) electrons. The van der Waals surface area contributed by atoms with Crippen LogP contribution in [-0.2, 0) is 9.53 Å². The van der Waals surface area contributed by atoms with Gasteiger partial charge in [-0.15, -0.1) is 0 Å². The lowest BCUT2D eigenvalue weighted by Gasteiger charge is -2.19. The smallest absolute Gasteiger partial charge is 0.340 e. The third-order valence-corrected chi connectivity index (χ3v) is 5.19. The van der Waals surface area contributed by atoms with E-state index in [1.807, 2.05) is 38.1 Å². The molecule has 4 nitrogen and oxygen atoms in total. The fraction of sp³-hybridized carbons (Fsp3) is 0.130. The second-order valence-electron chi connectivity index (χ2n) is 6.63. The number of anilines is 1. The molecule has 148 valence electrons. The molecule has 0 aromatic heterocycles. The second-order valence-corrected chi connectivity index (χ2v) is 7.95. The van der Waals surface area contributed by atoms with Crippen LogP contribution in [-0.4, -0.2) is 11.9 Å². The van der Waals surface area contributed by atoms with Crippen LogP contribution in [0.1, 0.15) is 33.2 Å². The van der Waals surface area contributed by atoms with Crippen LogP contribution in [0.25, 0.3) is 0 Å². The summed E-state index contributed by atoms with van der Waals surface area (Å²) in [6.45, 7) is 3.85. The molecule has 0 aliphatic heterocycles. The van der Waals surface area contributed by atoms with Crippen molar-refractivity contribution in [2.45, 2.75) is 20.0 Å². The normalized spacial score (nSPS) is 11.6. The van der Waals surface area contributed by atoms with Gasteiger partial charge < -0.3 is 10.1 Å². The summed E-state index contributed by atoms with van der Waals surface area (Å²) < 4.78 is 6.29. The molecule has 3 rings (SSSR count). The van der Waals surface area contributed by atoms with E-state index in [4.69, 9.17) is 16.3 Å². The van der Waals surface area contributed by atoms with Crippen molar-refractivity contribution in [1.29, 1.82) is 0 Å². The summed E-state index contributed by atoms with van der Waals surface area (Å²) in [5.41, 5.74) is 3.35. The minimum absolute atomic E-state index is 0.182. The van der Waals surface area contributed by atoms with Crippen molar-refractivity contribution in [3.63, 3.8) is 0 Å². The van der Waals surface area contributed by atoms with Crippen LogP contribution < -0.4 is 5.32 Å². The van der Waals surface area contributed by atoms with Gasteiger partial charge in [-0.2, -0.15) is 0 Å². The van der Waals surface area contributed by atoms with E-state index in [0.717, 1.165) is 11.1 Å². The molecule has 3 aromatic carbocycles. The maximum Gasteiger partial charge on any atom is 0.340 e. The molecule has 1 atom stereocenters. The molecule has 0 saturated heterocycles. The van der Waals surface area contributed by atoms with Gasteiger partial charge in [0, 0.05) is 15.7 Å². The summed E-state index contributed by atoms with van der Waals surface area (Å²) in [5, 5.41) is 3.12. The topological polar surface area (TPSA) is 55.4 Å². The third kappa shape index (κ3) is 5.25.